The van der Waals surface area contributed by atoms with Crippen LogP contribution >= 0.6 is 23.5 Å². The van der Waals surface area contributed by atoms with E-state index >= 15 is 0 Å². The molecule has 0 saturated heterocycles. The molecule has 1 aromatic heterocycles. The molecule has 1 aliphatic rings. The molecule has 0 fully saturated rings. The molecule has 8 heteroatoms. The Bertz CT molecular complexity index is 1120. The number of carbonyl (C=O) groups is 1. The number of nitrogens with zero attached hydrogens (tertiary/aromatic N) is 1. The minimum Gasteiger partial charge on any atom is -0.327 e. The molecule has 0 spiro atoms. The Morgan fingerprint density at radius 1 is 1.19 bits per heavy atom. The summed E-state index contributed by atoms with van der Waals surface area (Å²) < 4.78 is 0. The number of fused-ring (bicyclic) bond motifs is 1. The SMILES string of the molecule is CSc1cccc(NC(=O)CSc2nc3c(c(=O)[nH]2)C[NH+](Cc2ccccc2)CC3)c1. The van der Waals surface area contributed by atoms with Gasteiger partial charge >= 0.3 is 0 Å². The van der Waals surface area contributed by atoms with E-state index < -0.39 is 0 Å². The molecule has 31 heavy (non-hydrogen) atoms. The van der Waals surface area contributed by atoms with Gasteiger partial charge in [0.15, 0.2) is 5.16 Å². The minimum atomic E-state index is -0.123. The van der Waals surface area contributed by atoms with Gasteiger partial charge in [0.1, 0.15) is 13.1 Å². The third-order valence-electron chi connectivity index (χ3n) is 5.21. The number of benzene rings is 2. The van der Waals surface area contributed by atoms with Crippen LogP contribution in [0.1, 0.15) is 16.8 Å². The number of H-pyrrole nitrogens is 1. The lowest BCUT2D eigenvalue weighted by atomic mass is 10.1. The van der Waals surface area contributed by atoms with Crippen LogP contribution in [-0.2, 0) is 24.3 Å². The molecule has 2 aromatic carbocycles. The fourth-order valence-electron chi connectivity index (χ4n) is 3.68. The molecule has 0 bridgehead atoms. The Kier molecular flexibility index (Phi) is 7.11. The van der Waals surface area contributed by atoms with Crippen molar-refractivity contribution in [3.63, 3.8) is 0 Å². The molecule has 1 amide bonds. The van der Waals surface area contributed by atoms with Crippen LogP contribution < -0.4 is 15.8 Å². The molecule has 0 radical (unpaired) electrons. The van der Waals surface area contributed by atoms with Gasteiger partial charge in [-0.2, -0.15) is 0 Å². The van der Waals surface area contributed by atoms with Crippen LogP contribution in [0.2, 0.25) is 0 Å². The van der Waals surface area contributed by atoms with Gasteiger partial charge in [-0.3, -0.25) is 9.59 Å². The van der Waals surface area contributed by atoms with Gasteiger partial charge in [0.05, 0.1) is 23.6 Å². The molecular formula is C23H25N4O2S2+. The Morgan fingerprint density at radius 3 is 2.84 bits per heavy atom. The molecule has 0 aliphatic carbocycles. The first-order valence-electron chi connectivity index (χ1n) is 10.2. The summed E-state index contributed by atoms with van der Waals surface area (Å²) in [6.07, 6.45) is 2.76. The number of rotatable bonds is 7. The minimum absolute atomic E-state index is 0.0918. The molecule has 0 saturated carbocycles. The summed E-state index contributed by atoms with van der Waals surface area (Å²) in [4.78, 5) is 34.9. The molecule has 1 atom stereocenters. The van der Waals surface area contributed by atoms with Crippen molar-refractivity contribution >= 4 is 35.1 Å². The lowest BCUT2D eigenvalue weighted by Gasteiger charge is -2.25. The van der Waals surface area contributed by atoms with Gasteiger partial charge in [-0.1, -0.05) is 48.2 Å². The van der Waals surface area contributed by atoms with Crippen LogP contribution in [0.5, 0.6) is 0 Å². The maximum atomic E-state index is 12.7. The quantitative estimate of drug-likeness (QED) is 0.378. The van der Waals surface area contributed by atoms with Gasteiger partial charge < -0.3 is 15.2 Å². The molecule has 1 aliphatic heterocycles. The van der Waals surface area contributed by atoms with E-state index in [2.05, 4.69) is 27.4 Å². The van der Waals surface area contributed by atoms with Crippen LogP contribution in [0.3, 0.4) is 0 Å². The van der Waals surface area contributed by atoms with Crippen LogP contribution in [0.15, 0.2) is 69.4 Å². The van der Waals surface area contributed by atoms with E-state index in [1.807, 2.05) is 48.7 Å². The van der Waals surface area contributed by atoms with Crippen molar-refractivity contribution in [1.29, 1.82) is 0 Å². The lowest BCUT2D eigenvalue weighted by Crippen LogP contribution is -3.10. The highest BCUT2D eigenvalue weighted by molar-refractivity contribution is 7.99. The van der Waals surface area contributed by atoms with E-state index in [4.69, 9.17) is 0 Å². The number of aromatic nitrogens is 2. The van der Waals surface area contributed by atoms with E-state index in [1.165, 1.54) is 22.2 Å². The number of hydrogen-bond acceptors (Lipinski definition) is 5. The average Bonchev–Trinajstić information content (AvgIpc) is 2.79. The van der Waals surface area contributed by atoms with Crippen molar-refractivity contribution in [3.8, 4) is 0 Å². The summed E-state index contributed by atoms with van der Waals surface area (Å²) in [5, 5.41) is 3.40. The van der Waals surface area contributed by atoms with E-state index in [0.717, 1.165) is 41.4 Å². The normalized spacial score (nSPS) is 15.3. The van der Waals surface area contributed by atoms with Crippen LogP contribution in [0.4, 0.5) is 5.69 Å². The molecule has 2 heterocycles. The maximum absolute atomic E-state index is 12.7. The highest BCUT2D eigenvalue weighted by atomic mass is 32.2. The summed E-state index contributed by atoms with van der Waals surface area (Å²) in [5.41, 5.74) is 3.57. The van der Waals surface area contributed by atoms with Crippen LogP contribution in [-0.4, -0.2) is 34.4 Å². The highest BCUT2D eigenvalue weighted by Crippen LogP contribution is 2.20. The maximum Gasteiger partial charge on any atom is 0.260 e. The highest BCUT2D eigenvalue weighted by Gasteiger charge is 2.24. The van der Waals surface area contributed by atoms with E-state index in [-0.39, 0.29) is 17.2 Å². The number of aromatic amines is 1. The van der Waals surface area contributed by atoms with Gasteiger partial charge in [-0.05, 0) is 24.5 Å². The fourth-order valence-corrected chi connectivity index (χ4v) is 4.82. The standard InChI is InChI=1S/C23H24N4O2S2/c1-30-18-9-5-8-17(12-18)24-21(28)15-31-23-25-20-10-11-27(14-19(20)22(29)26-23)13-16-6-3-2-4-7-16/h2-9,12H,10-11,13-15H2,1H3,(H,24,28)(H,25,26,29)/p+1. The molecular weight excluding hydrogens is 428 g/mol. The summed E-state index contributed by atoms with van der Waals surface area (Å²) in [7, 11) is 0. The van der Waals surface area contributed by atoms with Gasteiger partial charge in [0, 0.05) is 22.6 Å². The predicted octanol–water partition coefficient (Wildman–Crippen LogP) is 2.36. The fraction of sp³-hybridized carbons (Fsp3) is 0.261. The van der Waals surface area contributed by atoms with Gasteiger partial charge in [0.2, 0.25) is 5.91 Å². The second-order valence-electron chi connectivity index (χ2n) is 7.45. The Hall–Kier alpha value is -2.55. The molecule has 3 aromatic rings. The molecule has 3 N–H and O–H groups in total. The van der Waals surface area contributed by atoms with Crippen molar-refractivity contribution in [3.05, 3.63) is 81.8 Å². The molecule has 4 rings (SSSR count). The summed E-state index contributed by atoms with van der Waals surface area (Å²) in [5.74, 6) is 0.0680. The number of carbonyl (C=O) groups excluding carboxylic acids is 1. The average molecular weight is 454 g/mol. The van der Waals surface area contributed by atoms with Gasteiger partial charge in [-0.25, -0.2) is 4.98 Å². The Labute approximate surface area is 189 Å². The molecule has 1 unspecified atom stereocenters. The lowest BCUT2D eigenvalue weighted by molar-refractivity contribution is -0.929. The monoisotopic (exact) mass is 453 g/mol. The van der Waals surface area contributed by atoms with Gasteiger partial charge in [-0.15, -0.1) is 11.8 Å². The van der Waals surface area contributed by atoms with Crippen molar-refractivity contribution in [2.24, 2.45) is 0 Å². The van der Waals surface area contributed by atoms with Crippen LogP contribution in [0, 0.1) is 0 Å². The first kappa shape index (κ1) is 21.7. The number of quaternary nitrogens is 1. The Morgan fingerprint density at radius 2 is 2.03 bits per heavy atom. The van der Waals surface area contributed by atoms with E-state index in [0.29, 0.717) is 11.7 Å². The van der Waals surface area contributed by atoms with E-state index in [1.54, 1.807) is 11.8 Å². The smallest absolute Gasteiger partial charge is 0.260 e. The summed E-state index contributed by atoms with van der Waals surface area (Å²) in [6.45, 7) is 2.51. The zero-order chi connectivity index (χ0) is 21.6. The second kappa shape index (κ2) is 10.2. The Balaban J connectivity index is 1.36. The predicted molar refractivity (Wildman–Crippen MR) is 126 cm³/mol. The first-order valence-corrected chi connectivity index (χ1v) is 12.4. The molecule has 160 valence electrons. The largest absolute Gasteiger partial charge is 0.327 e. The van der Waals surface area contributed by atoms with Crippen molar-refractivity contribution < 1.29 is 9.69 Å². The summed E-state index contributed by atoms with van der Waals surface area (Å²) >= 11 is 2.88. The van der Waals surface area contributed by atoms with Crippen molar-refractivity contribution in [2.75, 3.05) is 23.9 Å². The second-order valence-corrected chi connectivity index (χ2v) is 9.30. The number of thioether (sulfide) groups is 2. The molecule has 6 nitrogen and oxygen atoms in total. The first-order chi connectivity index (χ1) is 15.1. The number of nitrogens with one attached hydrogen (secondary N) is 3. The third kappa shape index (κ3) is 5.78. The van der Waals surface area contributed by atoms with Crippen LogP contribution in [0.25, 0.3) is 0 Å². The van der Waals surface area contributed by atoms with Crippen molar-refractivity contribution in [2.45, 2.75) is 29.6 Å². The van der Waals surface area contributed by atoms with Gasteiger partial charge in [0.25, 0.3) is 5.56 Å². The number of anilines is 1. The van der Waals surface area contributed by atoms with Crippen molar-refractivity contribution in [1.82, 2.24) is 9.97 Å². The zero-order valence-electron chi connectivity index (χ0n) is 17.3. The topological polar surface area (TPSA) is 79.3 Å². The van der Waals surface area contributed by atoms with E-state index in [9.17, 15) is 9.59 Å². The summed E-state index contributed by atoms with van der Waals surface area (Å²) in [6, 6.07) is 18.1. The zero-order valence-corrected chi connectivity index (χ0v) is 18.9. The number of hydrogen-bond donors (Lipinski definition) is 3. The number of amides is 1. The third-order valence-corrected chi connectivity index (χ3v) is 6.81.